The summed E-state index contributed by atoms with van der Waals surface area (Å²) >= 11 is 0. The summed E-state index contributed by atoms with van der Waals surface area (Å²) in [5, 5.41) is 0. The minimum Gasteiger partial charge on any atom is -0.0999 e. The standard InChI is InChI=1S/C21H34/c1-5-6-7-8-9-10-12-18(2)13-11-14-21-16-15-19(3)20(4)17-21/h15-17H,2,5-14H2,1,3-4H3. The van der Waals surface area contributed by atoms with Crippen LogP contribution in [0.25, 0.3) is 0 Å². The molecule has 0 aromatic heterocycles. The zero-order chi connectivity index (χ0) is 15.5. The minimum atomic E-state index is 1.19. The molecule has 0 heterocycles. The van der Waals surface area contributed by atoms with Crippen molar-refractivity contribution in [2.45, 2.75) is 85.0 Å². The zero-order valence-electron chi connectivity index (χ0n) is 14.5. The molecule has 1 aromatic carbocycles. The van der Waals surface area contributed by atoms with E-state index in [9.17, 15) is 0 Å². The summed E-state index contributed by atoms with van der Waals surface area (Å²) in [6, 6.07) is 6.86. The molecule has 0 nitrogen and oxygen atoms in total. The molecule has 0 unspecified atom stereocenters. The Morgan fingerprint density at radius 2 is 1.52 bits per heavy atom. The second-order valence-corrected chi connectivity index (χ2v) is 6.54. The van der Waals surface area contributed by atoms with Crippen molar-refractivity contribution < 1.29 is 0 Å². The number of benzene rings is 1. The van der Waals surface area contributed by atoms with Gasteiger partial charge in [-0.3, -0.25) is 0 Å². The van der Waals surface area contributed by atoms with Gasteiger partial charge in [0.25, 0.3) is 0 Å². The van der Waals surface area contributed by atoms with Crippen molar-refractivity contribution in [3.05, 3.63) is 47.0 Å². The van der Waals surface area contributed by atoms with E-state index in [2.05, 4.69) is 45.5 Å². The SMILES string of the molecule is C=C(CCCCCCCC)CCCc1ccc(C)c(C)c1. The summed E-state index contributed by atoms with van der Waals surface area (Å²) in [6.07, 6.45) is 13.2. The molecule has 0 atom stereocenters. The maximum Gasteiger partial charge on any atom is -0.0276 e. The third-order valence-electron chi connectivity index (χ3n) is 4.45. The first kappa shape index (κ1) is 18.0. The summed E-state index contributed by atoms with van der Waals surface area (Å²) in [6.45, 7) is 10.9. The molecule has 0 saturated carbocycles. The average molecular weight is 287 g/mol. The first-order valence-corrected chi connectivity index (χ1v) is 8.86. The van der Waals surface area contributed by atoms with E-state index in [1.807, 2.05) is 0 Å². The normalized spacial score (nSPS) is 10.8. The van der Waals surface area contributed by atoms with E-state index >= 15 is 0 Å². The highest BCUT2D eigenvalue weighted by atomic mass is 14.1. The Morgan fingerprint density at radius 1 is 0.857 bits per heavy atom. The van der Waals surface area contributed by atoms with E-state index < -0.39 is 0 Å². The van der Waals surface area contributed by atoms with Gasteiger partial charge in [-0.2, -0.15) is 0 Å². The van der Waals surface area contributed by atoms with Gasteiger partial charge in [-0.05, 0) is 62.6 Å². The van der Waals surface area contributed by atoms with Crippen LogP contribution in [-0.4, -0.2) is 0 Å². The van der Waals surface area contributed by atoms with Crippen molar-refractivity contribution in [1.82, 2.24) is 0 Å². The van der Waals surface area contributed by atoms with E-state index in [-0.39, 0.29) is 0 Å². The third-order valence-corrected chi connectivity index (χ3v) is 4.45. The van der Waals surface area contributed by atoms with Gasteiger partial charge < -0.3 is 0 Å². The highest BCUT2D eigenvalue weighted by Crippen LogP contribution is 2.17. The number of hydrogen-bond acceptors (Lipinski definition) is 0. The first-order valence-electron chi connectivity index (χ1n) is 8.86. The van der Waals surface area contributed by atoms with Crippen LogP contribution in [0.2, 0.25) is 0 Å². The van der Waals surface area contributed by atoms with Crippen LogP contribution >= 0.6 is 0 Å². The molecule has 0 saturated heterocycles. The van der Waals surface area contributed by atoms with Crippen LogP contribution in [0.15, 0.2) is 30.4 Å². The second-order valence-electron chi connectivity index (χ2n) is 6.54. The van der Waals surface area contributed by atoms with Gasteiger partial charge >= 0.3 is 0 Å². The molecule has 0 spiro atoms. The van der Waals surface area contributed by atoms with Gasteiger partial charge in [-0.15, -0.1) is 0 Å². The van der Waals surface area contributed by atoms with E-state index in [0.717, 1.165) is 0 Å². The molecule has 0 fully saturated rings. The molecule has 21 heavy (non-hydrogen) atoms. The average Bonchev–Trinajstić information content (AvgIpc) is 2.46. The Hall–Kier alpha value is -1.04. The number of rotatable bonds is 11. The van der Waals surface area contributed by atoms with Crippen LogP contribution in [-0.2, 0) is 6.42 Å². The van der Waals surface area contributed by atoms with E-state index in [1.165, 1.54) is 86.5 Å². The van der Waals surface area contributed by atoms with Gasteiger partial charge in [0.1, 0.15) is 0 Å². The fourth-order valence-corrected chi connectivity index (χ4v) is 2.78. The largest absolute Gasteiger partial charge is 0.0999 e. The lowest BCUT2D eigenvalue weighted by atomic mass is 9.98. The van der Waals surface area contributed by atoms with Crippen molar-refractivity contribution in [2.75, 3.05) is 0 Å². The third kappa shape index (κ3) is 8.09. The van der Waals surface area contributed by atoms with Gasteiger partial charge in [-0.1, -0.05) is 69.4 Å². The van der Waals surface area contributed by atoms with Gasteiger partial charge in [0, 0.05) is 0 Å². The number of hydrogen-bond donors (Lipinski definition) is 0. The smallest absolute Gasteiger partial charge is 0.0276 e. The van der Waals surface area contributed by atoms with Crippen LogP contribution < -0.4 is 0 Å². The monoisotopic (exact) mass is 286 g/mol. The summed E-state index contributed by atoms with van der Waals surface area (Å²) in [5.41, 5.74) is 5.74. The van der Waals surface area contributed by atoms with Crippen LogP contribution in [0.1, 0.15) is 81.4 Å². The highest BCUT2D eigenvalue weighted by molar-refractivity contribution is 5.29. The lowest BCUT2D eigenvalue weighted by Crippen LogP contribution is -1.91. The van der Waals surface area contributed by atoms with Crippen LogP contribution in [0.5, 0.6) is 0 Å². The summed E-state index contributed by atoms with van der Waals surface area (Å²) < 4.78 is 0. The van der Waals surface area contributed by atoms with E-state index in [1.54, 1.807) is 0 Å². The minimum absolute atomic E-state index is 1.19. The predicted octanol–water partition coefficient (Wildman–Crippen LogP) is 6.93. The summed E-state index contributed by atoms with van der Waals surface area (Å²) in [7, 11) is 0. The van der Waals surface area contributed by atoms with Crippen LogP contribution in [0, 0.1) is 13.8 Å². The van der Waals surface area contributed by atoms with Crippen LogP contribution in [0.4, 0.5) is 0 Å². The Bertz CT molecular complexity index is 414. The maximum absolute atomic E-state index is 4.25. The summed E-state index contributed by atoms with van der Waals surface area (Å²) in [5.74, 6) is 0. The Morgan fingerprint density at radius 3 is 2.24 bits per heavy atom. The molecule has 0 aliphatic carbocycles. The van der Waals surface area contributed by atoms with Gasteiger partial charge in [0.05, 0.1) is 0 Å². The van der Waals surface area contributed by atoms with Gasteiger partial charge in [-0.25, -0.2) is 0 Å². The lowest BCUT2D eigenvalue weighted by Gasteiger charge is -2.07. The fourth-order valence-electron chi connectivity index (χ4n) is 2.78. The Balaban J connectivity index is 2.09. The fraction of sp³-hybridized carbons (Fsp3) is 0.619. The van der Waals surface area contributed by atoms with Crippen molar-refractivity contribution >= 4 is 0 Å². The molecule has 1 aromatic rings. The topological polar surface area (TPSA) is 0 Å². The van der Waals surface area contributed by atoms with Gasteiger partial charge in [0.2, 0.25) is 0 Å². The molecule has 0 amide bonds. The Labute approximate surface area is 132 Å². The first-order chi connectivity index (χ1) is 10.1. The lowest BCUT2D eigenvalue weighted by molar-refractivity contribution is 0.600. The molecule has 0 radical (unpaired) electrons. The predicted molar refractivity (Wildman–Crippen MR) is 96.0 cm³/mol. The molecule has 0 N–H and O–H groups in total. The van der Waals surface area contributed by atoms with E-state index in [0.29, 0.717) is 0 Å². The maximum atomic E-state index is 4.25. The quantitative estimate of drug-likeness (QED) is 0.305. The molecule has 0 aliphatic heterocycles. The van der Waals surface area contributed by atoms with Crippen molar-refractivity contribution in [2.24, 2.45) is 0 Å². The van der Waals surface area contributed by atoms with Crippen molar-refractivity contribution in [1.29, 1.82) is 0 Å². The molecule has 118 valence electrons. The van der Waals surface area contributed by atoms with Gasteiger partial charge in [0.15, 0.2) is 0 Å². The summed E-state index contributed by atoms with van der Waals surface area (Å²) in [4.78, 5) is 0. The van der Waals surface area contributed by atoms with Crippen molar-refractivity contribution in [3.63, 3.8) is 0 Å². The zero-order valence-corrected chi connectivity index (χ0v) is 14.5. The Kier molecular flexibility index (Phi) is 9.14. The van der Waals surface area contributed by atoms with Crippen molar-refractivity contribution in [3.8, 4) is 0 Å². The molecule has 0 aliphatic rings. The van der Waals surface area contributed by atoms with E-state index in [4.69, 9.17) is 0 Å². The highest BCUT2D eigenvalue weighted by Gasteiger charge is 1.99. The number of allylic oxidation sites excluding steroid dienone is 1. The molecular weight excluding hydrogens is 252 g/mol. The molecule has 0 bridgehead atoms. The molecule has 1 rings (SSSR count). The number of aryl methyl sites for hydroxylation is 3. The molecular formula is C21H34. The second kappa shape index (κ2) is 10.7. The van der Waals surface area contributed by atoms with Crippen LogP contribution in [0.3, 0.4) is 0 Å². The molecule has 0 heteroatoms. The number of unbranched alkanes of at least 4 members (excludes halogenated alkanes) is 5.